The summed E-state index contributed by atoms with van der Waals surface area (Å²) in [5, 5.41) is 2.75. The zero-order chi connectivity index (χ0) is 16.2. The molecule has 1 saturated heterocycles. The van der Waals surface area contributed by atoms with Crippen molar-refractivity contribution < 1.29 is 9.59 Å². The lowest BCUT2D eigenvalue weighted by molar-refractivity contribution is 0.102. The van der Waals surface area contributed by atoms with Crippen LogP contribution in [0.1, 0.15) is 16.9 Å². The Labute approximate surface area is 134 Å². The maximum atomic E-state index is 12.1. The summed E-state index contributed by atoms with van der Waals surface area (Å²) < 4.78 is 0. The third kappa shape index (κ3) is 3.28. The van der Waals surface area contributed by atoms with E-state index in [9.17, 15) is 9.59 Å². The molecule has 0 saturated carbocycles. The number of rotatable bonds is 3. The second kappa shape index (κ2) is 6.43. The number of hydrogen-bond donors (Lipinski definition) is 1. The number of anilines is 2. The average molecular weight is 311 g/mol. The van der Waals surface area contributed by atoms with Gasteiger partial charge in [0.25, 0.3) is 5.91 Å². The smallest absolute Gasteiger partial charge is 0.324 e. The van der Waals surface area contributed by atoms with Crippen molar-refractivity contribution in [2.75, 3.05) is 30.4 Å². The van der Waals surface area contributed by atoms with Crippen molar-refractivity contribution in [1.29, 1.82) is 0 Å². The molecule has 0 radical (unpaired) electrons. The van der Waals surface area contributed by atoms with Crippen molar-refractivity contribution in [3.8, 4) is 0 Å². The molecule has 0 spiro atoms. The van der Waals surface area contributed by atoms with Crippen LogP contribution in [-0.2, 0) is 0 Å². The Hall–Kier alpha value is -2.96. The predicted octanol–water partition coefficient (Wildman–Crippen LogP) is 1.99. The lowest BCUT2D eigenvalue weighted by atomic mass is 10.2. The first-order valence-electron chi connectivity index (χ1n) is 7.35. The highest BCUT2D eigenvalue weighted by molar-refractivity contribution is 6.02. The highest BCUT2D eigenvalue weighted by atomic mass is 16.2. The molecular formula is C16H17N5O2. The molecule has 1 aromatic carbocycles. The number of carbonyl (C=O) groups is 2. The van der Waals surface area contributed by atoms with Crippen molar-refractivity contribution in [1.82, 2.24) is 14.9 Å². The summed E-state index contributed by atoms with van der Waals surface area (Å²) in [6.07, 6.45) is 5.33. The van der Waals surface area contributed by atoms with Crippen LogP contribution in [0.15, 0.2) is 42.9 Å². The second-order valence-corrected chi connectivity index (χ2v) is 5.30. The Balaban J connectivity index is 1.70. The largest absolute Gasteiger partial charge is 0.327 e. The molecule has 118 valence electrons. The third-order valence-electron chi connectivity index (χ3n) is 3.67. The molecule has 0 aliphatic carbocycles. The maximum absolute atomic E-state index is 12.1. The zero-order valence-electron chi connectivity index (χ0n) is 12.8. The van der Waals surface area contributed by atoms with Crippen LogP contribution in [0.3, 0.4) is 0 Å². The number of hydrogen-bond acceptors (Lipinski definition) is 4. The van der Waals surface area contributed by atoms with Gasteiger partial charge in [-0.1, -0.05) is 0 Å². The Morgan fingerprint density at radius 2 is 1.96 bits per heavy atom. The molecule has 0 unspecified atom stereocenters. The standard InChI is InChI=1S/C16H17N5O2/c1-20-9-2-10-21(16(20)23)13-5-3-12(4-6-13)19-15(22)14-11-17-7-8-18-14/h3-8,11H,2,9-10H2,1H3,(H,19,22). The molecule has 0 atom stereocenters. The van der Waals surface area contributed by atoms with Crippen molar-refractivity contribution in [3.05, 3.63) is 48.5 Å². The fraction of sp³-hybridized carbons (Fsp3) is 0.250. The van der Waals surface area contributed by atoms with Gasteiger partial charge in [0.15, 0.2) is 0 Å². The lowest BCUT2D eigenvalue weighted by Crippen LogP contribution is -2.47. The summed E-state index contributed by atoms with van der Waals surface area (Å²) in [6.45, 7) is 1.48. The van der Waals surface area contributed by atoms with Gasteiger partial charge in [0.1, 0.15) is 5.69 Å². The Morgan fingerprint density at radius 1 is 1.17 bits per heavy atom. The third-order valence-corrected chi connectivity index (χ3v) is 3.67. The topological polar surface area (TPSA) is 78.4 Å². The summed E-state index contributed by atoms with van der Waals surface area (Å²) in [7, 11) is 1.80. The lowest BCUT2D eigenvalue weighted by Gasteiger charge is -2.33. The normalized spacial score (nSPS) is 14.7. The number of urea groups is 1. The van der Waals surface area contributed by atoms with Crippen LogP contribution in [0.2, 0.25) is 0 Å². The van der Waals surface area contributed by atoms with Crippen LogP contribution in [0.4, 0.5) is 16.2 Å². The van der Waals surface area contributed by atoms with E-state index in [4.69, 9.17) is 0 Å². The molecular weight excluding hydrogens is 294 g/mol. The van der Waals surface area contributed by atoms with Crippen molar-refractivity contribution in [3.63, 3.8) is 0 Å². The number of nitrogens with zero attached hydrogens (tertiary/aromatic N) is 4. The highest BCUT2D eigenvalue weighted by Crippen LogP contribution is 2.21. The Bertz CT molecular complexity index is 702. The summed E-state index contributed by atoms with van der Waals surface area (Å²) in [6, 6.07) is 7.18. The summed E-state index contributed by atoms with van der Waals surface area (Å²) in [5.74, 6) is -0.320. The molecule has 3 rings (SSSR count). The molecule has 2 heterocycles. The van der Waals surface area contributed by atoms with E-state index >= 15 is 0 Å². The molecule has 1 aliphatic rings. The van der Waals surface area contributed by atoms with Gasteiger partial charge in [-0.25, -0.2) is 9.78 Å². The minimum Gasteiger partial charge on any atom is -0.327 e. The first-order chi connectivity index (χ1) is 11.1. The fourth-order valence-corrected chi connectivity index (χ4v) is 2.44. The summed E-state index contributed by atoms with van der Waals surface area (Å²) >= 11 is 0. The molecule has 1 fully saturated rings. The van der Waals surface area contributed by atoms with Gasteiger partial charge in [-0.05, 0) is 30.7 Å². The van der Waals surface area contributed by atoms with E-state index in [-0.39, 0.29) is 17.6 Å². The Morgan fingerprint density at radius 3 is 2.65 bits per heavy atom. The van der Waals surface area contributed by atoms with Gasteiger partial charge < -0.3 is 10.2 Å². The predicted molar refractivity (Wildman–Crippen MR) is 86.4 cm³/mol. The van der Waals surface area contributed by atoms with Gasteiger partial charge in [0, 0.05) is 43.9 Å². The Kier molecular flexibility index (Phi) is 4.18. The van der Waals surface area contributed by atoms with Gasteiger partial charge in [0.2, 0.25) is 0 Å². The summed E-state index contributed by atoms with van der Waals surface area (Å²) in [4.78, 5) is 35.4. The average Bonchev–Trinajstić information content (AvgIpc) is 2.59. The van der Waals surface area contributed by atoms with Gasteiger partial charge >= 0.3 is 6.03 Å². The minimum atomic E-state index is -0.320. The van der Waals surface area contributed by atoms with E-state index in [0.717, 1.165) is 18.7 Å². The number of nitrogens with one attached hydrogen (secondary N) is 1. The maximum Gasteiger partial charge on any atom is 0.324 e. The zero-order valence-corrected chi connectivity index (χ0v) is 12.8. The number of aromatic nitrogens is 2. The molecule has 7 nitrogen and oxygen atoms in total. The fourth-order valence-electron chi connectivity index (χ4n) is 2.44. The quantitative estimate of drug-likeness (QED) is 0.940. The molecule has 0 bridgehead atoms. The van der Waals surface area contributed by atoms with Crippen LogP contribution < -0.4 is 10.2 Å². The van der Waals surface area contributed by atoms with Gasteiger partial charge in [-0.2, -0.15) is 0 Å². The van der Waals surface area contributed by atoms with Gasteiger partial charge in [0.05, 0.1) is 6.20 Å². The van der Waals surface area contributed by atoms with E-state index in [1.165, 1.54) is 18.6 Å². The van der Waals surface area contributed by atoms with Crippen molar-refractivity contribution >= 4 is 23.3 Å². The van der Waals surface area contributed by atoms with Gasteiger partial charge in [-0.15, -0.1) is 0 Å². The van der Waals surface area contributed by atoms with E-state index in [2.05, 4.69) is 15.3 Å². The van der Waals surface area contributed by atoms with Crippen molar-refractivity contribution in [2.45, 2.75) is 6.42 Å². The molecule has 7 heteroatoms. The van der Waals surface area contributed by atoms with Crippen LogP contribution in [0, 0.1) is 0 Å². The molecule has 2 aromatic rings. The second-order valence-electron chi connectivity index (χ2n) is 5.30. The van der Waals surface area contributed by atoms with Gasteiger partial charge in [-0.3, -0.25) is 14.7 Å². The highest BCUT2D eigenvalue weighted by Gasteiger charge is 2.23. The first kappa shape index (κ1) is 15.0. The minimum absolute atomic E-state index is 0.00686. The number of amides is 3. The number of benzene rings is 1. The van der Waals surface area contributed by atoms with Crippen LogP contribution in [-0.4, -0.2) is 46.9 Å². The van der Waals surface area contributed by atoms with E-state index in [1.54, 1.807) is 29.0 Å². The monoisotopic (exact) mass is 311 g/mol. The SMILES string of the molecule is CN1CCCN(c2ccc(NC(=O)c3cnccn3)cc2)C1=O. The molecule has 1 N–H and O–H groups in total. The molecule has 1 aliphatic heterocycles. The summed E-state index contributed by atoms with van der Waals surface area (Å²) in [5.41, 5.74) is 1.71. The van der Waals surface area contributed by atoms with E-state index < -0.39 is 0 Å². The van der Waals surface area contributed by atoms with E-state index in [0.29, 0.717) is 12.2 Å². The molecule has 1 aromatic heterocycles. The number of carbonyl (C=O) groups excluding carboxylic acids is 2. The molecule has 3 amide bonds. The van der Waals surface area contributed by atoms with Crippen LogP contribution >= 0.6 is 0 Å². The molecule has 23 heavy (non-hydrogen) atoms. The van der Waals surface area contributed by atoms with Crippen molar-refractivity contribution in [2.24, 2.45) is 0 Å². The van der Waals surface area contributed by atoms with Crippen LogP contribution in [0.25, 0.3) is 0 Å². The van der Waals surface area contributed by atoms with Crippen LogP contribution in [0.5, 0.6) is 0 Å². The first-order valence-corrected chi connectivity index (χ1v) is 7.35. The van der Waals surface area contributed by atoms with E-state index in [1.807, 2.05) is 12.1 Å².